The van der Waals surface area contributed by atoms with Crippen molar-refractivity contribution < 1.29 is 4.79 Å². The smallest absolute Gasteiger partial charge is 0.254 e. The Hall–Kier alpha value is -2.70. The Morgan fingerprint density at radius 3 is 2.65 bits per heavy atom. The van der Waals surface area contributed by atoms with Crippen LogP contribution in [0.25, 0.3) is 5.82 Å². The number of nitrogens with one attached hydrogen (secondary N) is 1. The molecule has 1 aliphatic rings. The first kappa shape index (κ1) is 21.5. The van der Waals surface area contributed by atoms with Crippen molar-refractivity contribution in [2.45, 2.75) is 38.6 Å². The fraction of sp³-hybridized carbons (Fsp3) is 0.375. The maximum atomic E-state index is 13.2. The van der Waals surface area contributed by atoms with E-state index in [1.165, 1.54) is 12.8 Å². The summed E-state index contributed by atoms with van der Waals surface area (Å²) in [4.78, 5) is 20.0. The maximum Gasteiger partial charge on any atom is 0.254 e. The van der Waals surface area contributed by atoms with Crippen LogP contribution in [0.3, 0.4) is 0 Å². The van der Waals surface area contributed by atoms with Gasteiger partial charge in [0.1, 0.15) is 0 Å². The molecule has 0 bridgehead atoms. The number of pyridine rings is 1. The van der Waals surface area contributed by atoms with Crippen LogP contribution < -0.4 is 5.32 Å². The molecule has 0 saturated carbocycles. The van der Waals surface area contributed by atoms with Gasteiger partial charge in [0.15, 0.2) is 5.82 Å². The van der Waals surface area contributed by atoms with Gasteiger partial charge in [-0.3, -0.25) is 9.69 Å². The zero-order chi connectivity index (χ0) is 21.8. The second-order valence-corrected chi connectivity index (χ2v) is 8.66. The molecule has 1 unspecified atom stereocenters. The molecule has 6 nitrogen and oxygen atoms in total. The first-order chi connectivity index (χ1) is 15.0. The minimum atomic E-state index is -0.114. The van der Waals surface area contributed by atoms with Gasteiger partial charge in [-0.15, -0.1) is 0 Å². The molecule has 1 saturated heterocycles. The standard InChI is InChI=1S/C24H28ClN5O/c1-17(2)23-20(15-28-30(23)22-10-3-4-11-26-22)24(31)27-16-21(29-12-5-6-13-29)18-8-7-9-19(25)14-18/h3-4,7-11,14-15,17,21H,5-6,12-13,16H2,1-2H3,(H,27,31). The van der Waals surface area contributed by atoms with E-state index in [9.17, 15) is 4.79 Å². The number of hydrogen-bond acceptors (Lipinski definition) is 4. The molecule has 1 amide bonds. The molecule has 4 rings (SSSR count). The van der Waals surface area contributed by atoms with Crippen molar-refractivity contribution in [2.24, 2.45) is 0 Å². The molecule has 0 radical (unpaired) electrons. The highest BCUT2D eigenvalue weighted by molar-refractivity contribution is 6.30. The maximum absolute atomic E-state index is 13.2. The van der Waals surface area contributed by atoms with Gasteiger partial charge in [-0.1, -0.05) is 43.6 Å². The molecule has 7 heteroatoms. The molecule has 162 valence electrons. The number of rotatable bonds is 7. The number of amides is 1. The fourth-order valence-electron chi connectivity index (χ4n) is 4.26. The molecule has 0 spiro atoms. The van der Waals surface area contributed by atoms with Gasteiger partial charge >= 0.3 is 0 Å². The third-order valence-corrected chi connectivity index (χ3v) is 5.97. The lowest BCUT2D eigenvalue weighted by atomic mass is 10.0. The van der Waals surface area contributed by atoms with Crippen LogP contribution >= 0.6 is 11.6 Å². The summed E-state index contributed by atoms with van der Waals surface area (Å²) in [5.74, 6) is 0.712. The largest absolute Gasteiger partial charge is 0.350 e. The molecule has 31 heavy (non-hydrogen) atoms. The van der Waals surface area contributed by atoms with Crippen molar-refractivity contribution in [3.63, 3.8) is 0 Å². The van der Waals surface area contributed by atoms with E-state index in [0.29, 0.717) is 22.9 Å². The van der Waals surface area contributed by atoms with E-state index < -0.39 is 0 Å². The van der Waals surface area contributed by atoms with Gasteiger partial charge in [-0.05, 0) is 61.7 Å². The summed E-state index contributed by atoms with van der Waals surface area (Å²) in [5.41, 5.74) is 2.58. The highest BCUT2D eigenvalue weighted by Gasteiger charge is 2.26. The lowest BCUT2D eigenvalue weighted by Gasteiger charge is -2.28. The Bertz CT molecular complexity index is 1030. The van der Waals surface area contributed by atoms with Gasteiger partial charge in [-0.25, -0.2) is 9.67 Å². The average Bonchev–Trinajstić information content (AvgIpc) is 3.45. The molecule has 1 aromatic carbocycles. The predicted octanol–water partition coefficient (Wildman–Crippen LogP) is 4.61. The Labute approximate surface area is 188 Å². The van der Waals surface area contributed by atoms with Gasteiger partial charge in [0.2, 0.25) is 0 Å². The van der Waals surface area contributed by atoms with E-state index in [2.05, 4.69) is 40.2 Å². The van der Waals surface area contributed by atoms with Crippen molar-refractivity contribution in [1.29, 1.82) is 0 Å². The van der Waals surface area contributed by atoms with Crippen LogP contribution in [0.15, 0.2) is 54.9 Å². The molecule has 2 aromatic heterocycles. The quantitative estimate of drug-likeness (QED) is 0.586. The van der Waals surface area contributed by atoms with Gasteiger partial charge in [0, 0.05) is 17.8 Å². The molecule has 1 atom stereocenters. The molecule has 3 aromatic rings. The van der Waals surface area contributed by atoms with Gasteiger partial charge < -0.3 is 5.32 Å². The Balaban J connectivity index is 1.56. The zero-order valence-corrected chi connectivity index (χ0v) is 18.7. The zero-order valence-electron chi connectivity index (χ0n) is 18.0. The van der Waals surface area contributed by atoms with Crippen LogP contribution in [-0.4, -0.2) is 45.2 Å². The Morgan fingerprint density at radius 2 is 1.97 bits per heavy atom. The third kappa shape index (κ3) is 4.81. The number of carbonyl (C=O) groups excluding carboxylic acids is 1. The number of benzene rings is 1. The Morgan fingerprint density at radius 1 is 1.16 bits per heavy atom. The normalized spacial score (nSPS) is 15.4. The van der Waals surface area contributed by atoms with Crippen LogP contribution in [0.5, 0.6) is 0 Å². The molecule has 3 heterocycles. The minimum Gasteiger partial charge on any atom is -0.350 e. The number of carbonyl (C=O) groups is 1. The number of aromatic nitrogens is 3. The summed E-state index contributed by atoms with van der Waals surface area (Å²) in [5, 5.41) is 8.34. The topological polar surface area (TPSA) is 63.1 Å². The van der Waals surface area contributed by atoms with Gasteiger partial charge in [0.05, 0.1) is 23.5 Å². The molecular weight excluding hydrogens is 410 g/mol. The van der Waals surface area contributed by atoms with E-state index in [4.69, 9.17) is 11.6 Å². The van der Waals surface area contributed by atoms with Gasteiger partial charge in [-0.2, -0.15) is 5.10 Å². The average molecular weight is 438 g/mol. The van der Waals surface area contributed by atoms with Crippen LogP contribution in [0, 0.1) is 0 Å². The summed E-state index contributed by atoms with van der Waals surface area (Å²) in [7, 11) is 0. The van der Waals surface area contributed by atoms with Crippen molar-refractivity contribution in [3.8, 4) is 5.82 Å². The highest BCUT2D eigenvalue weighted by Crippen LogP contribution is 2.27. The second kappa shape index (κ2) is 9.62. The predicted molar refractivity (Wildman–Crippen MR) is 123 cm³/mol. The molecule has 1 fully saturated rings. The first-order valence-corrected chi connectivity index (χ1v) is 11.2. The summed E-state index contributed by atoms with van der Waals surface area (Å²) in [6.45, 7) is 6.70. The monoisotopic (exact) mass is 437 g/mol. The van der Waals surface area contributed by atoms with Crippen molar-refractivity contribution in [2.75, 3.05) is 19.6 Å². The lowest BCUT2D eigenvalue weighted by molar-refractivity contribution is 0.0936. The number of likely N-dealkylation sites (tertiary alicyclic amines) is 1. The second-order valence-electron chi connectivity index (χ2n) is 8.22. The SMILES string of the molecule is CC(C)c1c(C(=O)NCC(c2cccc(Cl)c2)N2CCCC2)cnn1-c1ccccn1. The van der Waals surface area contributed by atoms with E-state index in [1.807, 2.05) is 36.4 Å². The van der Waals surface area contributed by atoms with E-state index >= 15 is 0 Å². The van der Waals surface area contributed by atoms with Gasteiger partial charge in [0.25, 0.3) is 5.91 Å². The summed E-state index contributed by atoms with van der Waals surface area (Å²) in [6, 6.07) is 13.7. The summed E-state index contributed by atoms with van der Waals surface area (Å²) < 4.78 is 1.76. The molecular formula is C24H28ClN5O. The lowest BCUT2D eigenvalue weighted by Crippen LogP contribution is -2.37. The van der Waals surface area contributed by atoms with Crippen LogP contribution in [0.2, 0.25) is 5.02 Å². The summed E-state index contributed by atoms with van der Waals surface area (Å²) >= 11 is 6.25. The summed E-state index contributed by atoms with van der Waals surface area (Å²) in [6.07, 6.45) is 5.73. The molecule has 1 aliphatic heterocycles. The van der Waals surface area contributed by atoms with Crippen molar-refractivity contribution in [1.82, 2.24) is 25.0 Å². The van der Waals surface area contributed by atoms with Crippen LogP contribution in [-0.2, 0) is 0 Å². The fourth-order valence-corrected chi connectivity index (χ4v) is 4.46. The van der Waals surface area contributed by atoms with E-state index in [-0.39, 0.29) is 17.9 Å². The number of hydrogen-bond donors (Lipinski definition) is 1. The minimum absolute atomic E-state index is 0.0958. The van der Waals surface area contributed by atoms with Crippen molar-refractivity contribution in [3.05, 3.63) is 76.7 Å². The first-order valence-electron chi connectivity index (χ1n) is 10.8. The molecule has 0 aliphatic carbocycles. The molecule has 1 N–H and O–H groups in total. The number of halogens is 1. The van der Waals surface area contributed by atoms with Crippen LogP contribution in [0.4, 0.5) is 0 Å². The van der Waals surface area contributed by atoms with E-state index in [0.717, 1.165) is 24.3 Å². The highest BCUT2D eigenvalue weighted by atomic mass is 35.5. The van der Waals surface area contributed by atoms with Crippen molar-refractivity contribution >= 4 is 17.5 Å². The number of nitrogens with zero attached hydrogens (tertiary/aromatic N) is 4. The van der Waals surface area contributed by atoms with Crippen LogP contribution in [0.1, 0.15) is 60.3 Å². The Kier molecular flexibility index (Phi) is 6.68. The third-order valence-electron chi connectivity index (χ3n) is 5.74. The van der Waals surface area contributed by atoms with E-state index in [1.54, 1.807) is 17.1 Å².